The average molecular weight is 307 g/mol. The number of hydrogen-bond donors (Lipinski definition) is 1. The van der Waals surface area contributed by atoms with Crippen LogP contribution in [-0.4, -0.2) is 30.6 Å². The third-order valence-electron chi connectivity index (χ3n) is 5.54. The van der Waals surface area contributed by atoms with Crippen LogP contribution >= 0.6 is 11.3 Å². The summed E-state index contributed by atoms with van der Waals surface area (Å²) in [5.41, 5.74) is 1.51. The second-order valence-corrected chi connectivity index (χ2v) is 7.81. The Morgan fingerprint density at radius 1 is 1.29 bits per heavy atom. The first kappa shape index (κ1) is 15.5. The standard InChI is InChI=1S/C18H30N2S/c1-3-14-4-7-18(19-2)16(10-14)12-20(17-5-6-17)11-15-8-9-21-13-15/h8-9,13-14,16-19H,3-7,10-12H2,1-2H3. The van der Waals surface area contributed by atoms with Crippen LogP contribution in [-0.2, 0) is 6.54 Å². The minimum Gasteiger partial charge on any atom is -0.317 e. The molecular weight excluding hydrogens is 276 g/mol. The van der Waals surface area contributed by atoms with Crippen molar-refractivity contribution in [2.24, 2.45) is 11.8 Å². The Kier molecular flexibility index (Phi) is 5.36. The van der Waals surface area contributed by atoms with Crippen molar-refractivity contribution in [2.45, 2.75) is 64.1 Å². The van der Waals surface area contributed by atoms with Crippen LogP contribution in [0.5, 0.6) is 0 Å². The molecular formula is C18H30N2S. The number of hydrogen-bond acceptors (Lipinski definition) is 3. The summed E-state index contributed by atoms with van der Waals surface area (Å²) in [6.07, 6.45) is 8.41. The van der Waals surface area contributed by atoms with Crippen molar-refractivity contribution in [3.05, 3.63) is 22.4 Å². The molecule has 0 radical (unpaired) electrons. The van der Waals surface area contributed by atoms with Crippen molar-refractivity contribution in [2.75, 3.05) is 13.6 Å². The van der Waals surface area contributed by atoms with E-state index in [0.29, 0.717) is 0 Å². The SMILES string of the molecule is CCC1CCC(NC)C(CN(Cc2ccsc2)C2CC2)C1. The second-order valence-electron chi connectivity index (χ2n) is 7.03. The van der Waals surface area contributed by atoms with Gasteiger partial charge in [-0.25, -0.2) is 0 Å². The van der Waals surface area contributed by atoms with Gasteiger partial charge < -0.3 is 5.32 Å². The fourth-order valence-electron chi connectivity index (χ4n) is 4.01. The van der Waals surface area contributed by atoms with Crippen molar-refractivity contribution in [3.8, 4) is 0 Å². The Balaban J connectivity index is 1.62. The fraction of sp³-hybridized carbons (Fsp3) is 0.778. The molecule has 2 aliphatic rings. The summed E-state index contributed by atoms with van der Waals surface area (Å²) in [4.78, 5) is 2.77. The van der Waals surface area contributed by atoms with Crippen molar-refractivity contribution >= 4 is 11.3 Å². The first-order valence-corrected chi connectivity index (χ1v) is 9.66. The largest absolute Gasteiger partial charge is 0.317 e. The summed E-state index contributed by atoms with van der Waals surface area (Å²) in [6.45, 7) is 4.83. The zero-order valence-electron chi connectivity index (χ0n) is 13.6. The van der Waals surface area contributed by atoms with Gasteiger partial charge in [-0.3, -0.25) is 4.90 Å². The third kappa shape index (κ3) is 4.08. The van der Waals surface area contributed by atoms with E-state index in [9.17, 15) is 0 Å². The van der Waals surface area contributed by atoms with E-state index in [0.717, 1.165) is 30.5 Å². The topological polar surface area (TPSA) is 15.3 Å². The van der Waals surface area contributed by atoms with Crippen LogP contribution < -0.4 is 5.32 Å². The third-order valence-corrected chi connectivity index (χ3v) is 6.27. The molecule has 0 aromatic carbocycles. The number of rotatable bonds is 7. The van der Waals surface area contributed by atoms with Gasteiger partial charge in [0.1, 0.15) is 0 Å². The van der Waals surface area contributed by atoms with E-state index in [1.807, 2.05) is 11.3 Å². The van der Waals surface area contributed by atoms with Crippen LogP contribution in [0.3, 0.4) is 0 Å². The summed E-state index contributed by atoms with van der Waals surface area (Å²) in [5, 5.41) is 8.13. The molecule has 1 aromatic rings. The van der Waals surface area contributed by atoms with Gasteiger partial charge in [0.15, 0.2) is 0 Å². The van der Waals surface area contributed by atoms with Gasteiger partial charge in [0.2, 0.25) is 0 Å². The number of thiophene rings is 1. The van der Waals surface area contributed by atoms with E-state index in [1.165, 1.54) is 50.6 Å². The minimum absolute atomic E-state index is 0.733. The Morgan fingerprint density at radius 3 is 2.76 bits per heavy atom. The van der Waals surface area contributed by atoms with Gasteiger partial charge in [0.05, 0.1) is 0 Å². The minimum atomic E-state index is 0.733. The molecule has 21 heavy (non-hydrogen) atoms. The van der Waals surface area contributed by atoms with Gasteiger partial charge in [0, 0.05) is 25.2 Å². The van der Waals surface area contributed by atoms with Crippen LogP contribution in [0.25, 0.3) is 0 Å². The van der Waals surface area contributed by atoms with Crippen molar-refractivity contribution in [3.63, 3.8) is 0 Å². The fourth-order valence-corrected chi connectivity index (χ4v) is 4.67. The van der Waals surface area contributed by atoms with Gasteiger partial charge in [0.25, 0.3) is 0 Å². The van der Waals surface area contributed by atoms with E-state index in [1.54, 1.807) is 0 Å². The van der Waals surface area contributed by atoms with E-state index < -0.39 is 0 Å². The molecule has 0 spiro atoms. The smallest absolute Gasteiger partial charge is 0.0245 e. The highest BCUT2D eigenvalue weighted by molar-refractivity contribution is 7.07. The Bertz CT molecular complexity index is 413. The molecule has 2 fully saturated rings. The van der Waals surface area contributed by atoms with Crippen LogP contribution in [0.15, 0.2) is 16.8 Å². The molecule has 3 unspecified atom stereocenters. The normalized spacial score (nSPS) is 30.0. The predicted molar refractivity (Wildman–Crippen MR) is 91.7 cm³/mol. The van der Waals surface area contributed by atoms with E-state index in [4.69, 9.17) is 0 Å². The Morgan fingerprint density at radius 2 is 2.14 bits per heavy atom. The molecule has 0 amide bonds. The first-order valence-electron chi connectivity index (χ1n) is 8.72. The average Bonchev–Trinajstić information content (AvgIpc) is 3.24. The summed E-state index contributed by atoms with van der Waals surface area (Å²) in [6, 6.07) is 3.90. The lowest BCUT2D eigenvalue weighted by Crippen LogP contribution is -2.45. The van der Waals surface area contributed by atoms with Crippen molar-refractivity contribution in [1.29, 1.82) is 0 Å². The molecule has 1 N–H and O–H groups in total. The van der Waals surface area contributed by atoms with Gasteiger partial charge in [-0.05, 0) is 73.4 Å². The van der Waals surface area contributed by atoms with Crippen LogP contribution in [0.4, 0.5) is 0 Å². The lowest BCUT2D eigenvalue weighted by Gasteiger charge is -2.39. The maximum Gasteiger partial charge on any atom is 0.0245 e. The highest BCUT2D eigenvalue weighted by Crippen LogP contribution is 2.35. The summed E-state index contributed by atoms with van der Waals surface area (Å²) < 4.78 is 0. The van der Waals surface area contributed by atoms with Crippen molar-refractivity contribution < 1.29 is 0 Å². The summed E-state index contributed by atoms with van der Waals surface area (Å²) in [7, 11) is 2.16. The maximum atomic E-state index is 3.60. The number of nitrogens with zero attached hydrogens (tertiary/aromatic N) is 1. The van der Waals surface area contributed by atoms with Crippen LogP contribution in [0.1, 0.15) is 51.0 Å². The molecule has 2 saturated carbocycles. The number of nitrogens with one attached hydrogen (secondary N) is 1. The van der Waals surface area contributed by atoms with Gasteiger partial charge in [-0.15, -0.1) is 0 Å². The maximum absolute atomic E-state index is 3.60. The van der Waals surface area contributed by atoms with Crippen LogP contribution in [0.2, 0.25) is 0 Å². The molecule has 118 valence electrons. The van der Waals surface area contributed by atoms with Crippen molar-refractivity contribution in [1.82, 2.24) is 10.2 Å². The lowest BCUT2D eigenvalue weighted by molar-refractivity contribution is 0.132. The van der Waals surface area contributed by atoms with E-state index >= 15 is 0 Å². The molecule has 3 atom stereocenters. The molecule has 2 nitrogen and oxygen atoms in total. The molecule has 2 aliphatic carbocycles. The van der Waals surface area contributed by atoms with E-state index in [2.05, 4.69) is 41.0 Å². The van der Waals surface area contributed by atoms with E-state index in [-0.39, 0.29) is 0 Å². The lowest BCUT2D eigenvalue weighted by atomic mass is 9.76. The zero-order chi connectivity index (χ0) is 14.7. The quantitative estimate of drug-likeness (QED) is 0.815. The molecule has 0 bridgehead atoms. The highest BCUT2D eigenvalue weighted by Gasteiger charge is 2.35. The first-order chi connectivity index (χ1) is 10.3. The molecule has 0 aliphatic heterocycles. The van der Waals surface area contributed by atoms with Gasteiger partial charge in [-0.2, -0.15) is 11.3 Å². The Labute approximate surface area is 133 Å². The molecule has 3 rings (SSSR count). The van der Waals surface area contributed by atoms with Crippen LogP contribution in [0, 0.1) is 11.8 Å². The summed E-state index contributed by atoms with van der Waals surface area (Å²) in [5.74, 6) is 1.80. The monoisotopic (exact) mass is 306 g/mol. The molecule has 1 heterocycles. The Hall–Kier alpha value is -0.380. The molecule has 1 aromatic heterocycles. The highest BCUT2D eigenvalue weighted by atomic mass is 32.1. The zero-order valence-corrected chi connectivity index (χ0v) is 14.4. The van der Waals surface area contributed by atoms with Gasteiger partial charge in [-0.1, -0.05) is 13.3 Å². The summed E-state index contributed by atoms with van der Waals surface area (Å²) >= 11 is 1.83. The van der Waals surface area contributed by atoms with Gasteiger partial charge >= 0.3 is 0 Å². The second kappa shape index (κ2) is 7.26. The predicted octanol–water partition coefficient (Wildman–Crippen LogP) is 4.13. The molecule has 3 heteroatoms. The molecule has 0 saturated heterocycles.